The number of aromatic nitrogens is 2. The summed E-state index contributed by atoms with van der Waals surface area (Å²) >= 11 is 1.28. The molecule has 0 bridgehead atoms. The van der Waals surface area contributed by atoms with Crippen molar-refractivity contribution in [3.63, 3.8) is 0 Å². The van der Waals surface area contributed by atoms with Gasteiger partial charge in [-0.1, -0.05) is 71.9 Å². The number of thioether (sulfide) groups is 1. The summed E-state index contributed by atoms with van der Waals surface area (Å²) in [6.07, 6.45) is 0. The Bertz CT molecular complexity index is 1420. The molecule has 0 spiro atoms. The normalized spacial score (nSPS) is 11.5. The highest BCUT2D eigenvalue weighted by Crippen LogP contribution is 2.28. The summed E-state index contributed by atoms with van der Waals surface area (Å²) in [6, 6.07) is 26.2. The Labute approximate surface area is 240 Å². The highest BCUT2D eigenvalue weighted by atomic mass is 32.2. The lowest BCUT2D eigenvalue weighted by Crippen LogP contribution is -2.41. The van der Waals surface area contributed by atoms with E-state index in [1.165, 1.54) is 11.8 Å². The van der Waals surface area contributed by atoms with E-state index in [4.69, 9.17) is 0 Å². The number of hydrogen-bond acceptors (Lipinski definition) is 6. The molecule has 4 rings (SSSR count). The molecule has 206 valence electrons. The van der Waals surface area contributed by atoms with Crippen molar-refractivity contribution in [1.29, 1.82) is 0 Å². The van der Waals surface area contributed by atoms with Crippen LogP contribution in [0, 0.1) is 20.8 Å². The van der Waals surface area contributed by atoms with Crippen molar-refractivity contribution in [3.05, 3.63) is 113 Å². The van der Waals surface area contributed by atoms with Crippen LogP contribution in [0.1, 0.15) is 34.1 Å². The van der Waals surface area contributed by atoms with Gasteiger partial charge in [-0.25, -0.2) is 9.97 Å². The van der Waals surface area contributed by atoms with E-state index >= 15 is 0 Å². The average Bonchev–Trinajstić information content (AvgIpc) is 2.93. The zero-order valence-corrected chi connectivity index (χ0v) is 24.4. The van der Waals surface area contributed by atoms with Crippen LogP contribution in [-0.4, -0.2) is 46.5 Å². The number of amides is 2. The fourth-order valence-corrected chi connectivity index (χ4v) is 5.18. The molecule has 0 saturated heterocycles. The number of carbonyl (C=O) groups excluding carboxylic acids is 2. The quantitative estimate of drug-likeness (QED) is 0.193. The van der Waals surface area contributed by atoms with Crippen molar-refractivity contribution in [2.24, 2.45) is 0 Å². The Morgan fingerprint density at radius 3 is 2.08 bits per heavy atom. The van der Waals surface area contributed by atoms with Crippen LogP contribution in [0.3, 0.4) is 0 Å². The number of benzene rings is 3. The van der Waals surface area contributed by atoms with Gasteiger partial charge in [-0.15, -0.1) is 0 Å². The lowest BCUT2D eigenvalue weighted by molar-refractivity contribution is -0.137. The van der Waals surface area contributed by atoms with E-state index in [0.717, 1.165) is 33.8 Å². The highest BCUT2D eigenvalue weighted by molar-refractivity contribution is 7.99. The van der Waals surface area contributed by atoms with Crippen molar-refractivity contribution in [3.8, 4) is 0 Å². The molecule has 1 unspecified atom stereocenters. The standard InChI is InChI=1S/C32H35N5O2S/c1-22-11-13-26(14-12-22)30(31(39)35-27-15-17-28(18-16-27)36(4)5)37(20-25-9-7-6-8-10-25)29(38)21-40-32-33-23(2)19-24(3)34-32/h6-19,30H,20-21H2,1-5H3,(H,35,39). The summed E-state index contributed by atoms with van der Waals surface area (Å²) < 4.78 is 0. The van der Waals surface area contributed by atoms with Crippen LogP contribution in [0.4, 0.5) is 11.4 Å². The average molecular weight is 554 g/mol. The van der Waals surface area contributed by atoms with Gasteiger partial charge in [-0.2, -0.15) is 0 Å². The van der Waals surface area contributed by atoms with Gasteiger partial charge < -0.3 is 15.1 Å². The number of carbonyl (C=O) groups is 2. The Kier molecular flexibility index (Phi) is 9.56. The summed E-state index contributed by atoms with van der Waals surface area (Å²) in [7, 11) is 3.93. The van der Waals surface area contributed by atoms with Gasteiger partial charge in [0.25, 0.3) is 5.91 Å². The summed E-state index contributed by atoms with van der Waals surface area (Å²) in [5.41, 5.74) is 6.14. The SMILES string of the molecule is Cc1ccc(C(C(=O)Nc2ccc(N(C)C)cc2)N(Cc2ccccc2)C(=O)CSc2nc(C)cc(C)n2)cc1. The van der Waals surface area contributed by atoms with Gasteiger partial charge in [0, 0.05) is 43.4 Å². The van der Waals surface area contributed by atoms with Crippen LogP contribution in [0.5, 0.6) is 0 Å². The largest absolute Gasteiger partial charge is 0.378 e. The van der Waals surface area contributed by atoms with E-state index in [2.05, 4.69) is 15.3 Å². The lowest BCUT2D eigenvalue weighted by Gasteiger charge is -2.31. The fourth-order valence-electron chi connectivity index (χ4n) is 4.35. The van der Waals surface area contributed by atoms with Gasteiger partial charge in [0.1, 0.15) is 6.04 Å². The van der Waals surface area contributed by atoms with E-state index in [0.29, 0.717) is 10.8 Å². The molecule has 0 saturated carbocycles. The van der Waals surface area contributed by atoms with Gasteiger partial charge in [0.2, 0.25) is 5.91 Å². The molecule has 4 aromatic rings. The second-order valence-electron chi connectivity index (χ2n) is 9.97. The first-order chi connectivity index (χ1) is 19.2. The van der Waals surface area contributed by atoms with Crippen molar-refractivity contribution in [1.82, 2.24) is 14.9 Å². The van der Waals surface area contributed by atoms with Gasteiger partial charge in [0.05, 0.1) is 5.75 Å². The van der Waals surface area contributed by atoms with Crippen molar-refractivity contribution >= 4 is 35.0 Å². The molecule has 1 heterocycles. The summed E-state index contributed by atoms with van der Waals surface area (Å²) in [5, 5.41) is 3.59. The minimum absolute atomic E-state index is 0.100. The van der Waals surface area contributed by atoms with Crippen LogP contribution in [0.2, 0.25) is 0 Å². The third kappa shape index (κ3) is 7.70. The maximum Gasteiger partial charge on any atom is 0.251 e. The van der Waals surface area contributed by atoms with Gasteiger partial charge >= 0.3 is 0 Å². The molecular formula is C32H35N5O2S. The minimum atomic E-state index is -0.845. The number of nitrogens with zero attached hydrogens (tertiary/aromatic N) is 4. The van der Waals surface area contributed by atoms with Crippen molar-refractivity contribution < 1.29 is 9.59 Å². The molecule has 1 N–H and O–H groups in total. The van der Waals surface area contributed by atoms with Gasteiger partial charge in [-0.05, 0) is 62.2 Å². The topological polar surface area (TPSA) is 78.4 Å². The van der Waals surface area contributed by atoms with E-state index in [1.54, 1.807) is 4.90 Å². The molecule has 0 fully saturated rings. The number of nitrogens with one attached hydrogen (secondary N) is 1. The third-order valence-electron chi connectivity index (χ3n) is 6.41. The molecule has 0 aliphatic heterocycles. The maximum atomic E-state index is 14.0. The van der Waals surface area contributed by atoms with Crippen molar-refractivity contribution in [2.45, 2.75) is 38.5 Å². The first kappa shape index (κ1) is 28.8. The van der Waals surface area contributed by atoms with Crippen LogP contribution < -0.4 is 10.2 Å². The summed E-state index contributed by atoms with van der Waals surface area (Å²) in [5.74, 6) is -0.359. The molecule has 2 amide bonds. The highest BCUT2D eigenvalue weighted by Gasteiger charge is 2.32. The monoisotopic (exact) mass is 553 g/mol. The van der Waals surface area contributed by atoms with E-state index in [-0.39, 0.29) is 24.1 Å². The molecule has 0 aliphatic rings. The third-order valence-corrected chi connectivity index (χ3v) is 7.24. The zero-order valence-electron chi connectivity index (χ0n) is 23.6. The van der Waals surface area contributed by atoms with Crippen LogP contribution in [-0.2, 0) is 16.1 Å². The van der Waals surface area contributed by atoms with Crippen LogP contribution >= 0.6 is 11.8 Å². The van der Waals surface area contributed by atoms with E-state index in [9.17, 15) is 9.59 Å². The number of rotatable bonds is 10. The van der Waals surface area contributed by atoms with Gasteiger partial charge in [-0.3, -0.25) is 9.59 Å². The van der Waals surface area contributed by atoms with E-state index < -0.39 is 6.04 Å². The van der Waals surface area contributed by atoms with Gasteiger partial charge in [0.15, 0.2) is 5.16 Å². The van der Waals surface area contributed by atoms with Crippen LogP contribution in [0.15, 0.2) is 90.1 Å². The molecule has 0 radical (unpaired) electrons. The summed E-state index contributed by atoms with van der Waals surface area (Å²) in [4.78, 5) is 40.5. The number of aryl methyl sites for hydroxylation is 3. The number of anilines is 2. The Hall–Kier alpha value is -4.17. The molecule has 1 atom stereocenters. The first-order valence-corrected chi connectivity index (χ1v) is 14.1. The molecule has 1 aromatic heterocycles. The first-order valence-electron chi connectivity index (χ1n) is 13.1. The Balaban J connectivity index is 1.67. The molecule has 7 nitrogen and oxygen atoms in total. The second kappa shape index (κ2) is 13.3. The minimum Gasteiger partial charge on any atom is -0.378 e. The van der Waals surface area contributed by atoms with Crippen molar-refractivity contribution in [2.75, 3.05) is 30.1 Å². The molecule has 0 aliphatic carbocycles. The Morgan fingerprint density at radius 2 is 1.48 bits per heavy atom. The molecular weight excluding hydrogens is 518 g/mol. The summed E-state index contributed by atoms with van der Waals surface area (Å²) in [6.45, 7) is 6.09. The lowest BCUT2D eigenvalue weighted by atomic mass is 10.0. The van der Waals surface area contributed by atoms with Crippen LogP contribution in [0.25, 0.3) is 0 Å². The van der Waals surface area contributed by atoms with E-state index in [1.807, 2.05) is 125 Å². The zero-order chi connectivity index (χ0) is 28.6. The smallest absolute Gasteiger partial charge is 0.251 e. The fraction of sp³-hybridized carbons (Fsp3) is 0.250. The predicted molar refractivity (Wildman–Crippen MR) is 163 cm³/mol. The molecule has 3 aromatic carbocycles. The predicted octanol–water partition coefficient (Wildman–Crippen LogP) is 5.97. The molecule has 40 heavy (non-hydrogen) atoms. The molecule has 8 heteroatoms. The number of hydrogen-bond donors (Lipinski definition) is 1. The second-order valence-corrected chi connectivity index (χ2v) is 10.9. The Morgan fingerprint density at radius 1 is 0.850 bits per heavy atom. The maximum absolute atomic E-state index is 14.0.